The van der Waals surface area contributed by atoms with Crippen molar-refractivity contribution in [2.75, 3.05) is 15.5 Å². The van der Waals surface area contributed by atoms with Crippen LogP contribution in [0.2, 0.25) is 0 Å². The lowest BCUT2D eigenvalue weighted by atomic mass is 10.1. The summed E-state index contributed by atoms with van der Waals surface area (Å²) in [6.07, 6.45) is 2.20. The summed E-state index contributed by atoms with van der Waals surface area (Å²) < 4.78 is 0. The van der Waals surface area contributed by atoms with E-state index in [9.17, 15) is 9.59 Å². The molecule has 3 aromatic rings. The predicted molar refractivity (Wildman–Crippen MR) is 112 cm³/mol. The van der Waals surface area contributed by atoms with Crippen LogP contribution in [0.5, 0.6) is 0 Å². The lowest BCUT2D eigenvalue weighted by Gasteiger charge is -2.22. The van der Waals surface area contributed by atoms with Crippen LogP contribution < -0.4 is 15.5 Å². The molecule has 7 nitrogen and oxygen atoms in total. The summed E-state index contributed by atoms with van der Waals surface area (Å²) in [5.74, 6) is 0.209. The van der Waals surface area contributed by atoms with E-state index in [1.165, 1.54) is 13.3 Å². The van der Waals surface area contributed by atoms with E-state index in [-0.39, 0.29) is 17.9 Å². The standard InChI is InChI=1S/C22H21N5O2/c1-14-10-16-6-3-4-9-20(16)27(14)22(29)19-12-21(24-13-23-19)26-18-8-5-7-17(11-18)25-15(2)28/h3-9,11-14H,10H2,1-2H3,(H,25,28)(H,23,24,26). The second-order valence-corrected chi connectivity index (χ2v) is 7.03. The molecular formula is C22H21N5O2. The molecule has 0 spiro atoms. The minimum atomic E-state index is -0.153. The fourth-order valence-electron chi connectivity index (χ4n) is 3.57. The van der Waals surface area contributed by atoms with Crippen LogP contribution in [0.4, 0.5) is 22.9 Å². The first-order valence-corrected chi connectivity index (χ1v) is 9.39. The monoisotopic (exact) mass is 387 g/mol. The molecule has 0 aliphatic carbocycles. The number of rotatable bonds is 4. The van der Waals surface area contributed by atoms with E-state index in [2.05, 4.69) is 20.6 Å². The van der Waals surface area contributed by atoms with Crippen molar-refractivity contribution >= 4 is 34.7 Å². The molecule has 1 aliphatic heterocycles. The minimum absolute atomic E-state index is 0.0700. The molecule has 2 aromatic carbocycles. The maximum atomic E-state index is 13.2. The highest BCUT2D eigenvalue weighted by atomic mass is 16.2. The van der Waals surface area contributed by atoms with Gasteiger partial charge in [-0.15, -0.1) is 0 Å². The van der Waals surface area contributed by atoms with Crippen molar-refractivity contribution in [1.82, 2.24) is 9.97 Å². The SMILES string of the molecule is CC(=O)Nc1cccc(Nc2cc(C(=O)N3c4ccccc4CC3C)ncn2)c1. The van der Waals surface area contributed by atoms with E-state index in [4.69, 9.17) is 0 Å². The first-order valence-electron chi connectivity index (χ1n) is 9.39. The summed E-state index contributed by atoms with van der Waals surface area (Å²) in [7, 11) is 0. The molecule has 1 unspecified atom stereocenters. The van der Waals surface area contributed by atoms with Crippen LogP contribution in [0.3, 0.4) is 0 Å². The maximum Gasteiger partial charge on any atom is 0.277 e. The van der Waals surface area contributed by atoms with Gasteiger partial charge in [-0.2, -0.15) is 0 Å². The quantitative estimate of drug-likeness (QED) is 0.712. The van der Waals surface area contributed by atoms with Crippen LogP contribution in [0.1, 0.15) is 29.9 Å². The number of amides is 2. The number of hydrogen-bond acceptors (Lipinski definition) is 5. The molecule has 0 saturated carbocycles. The van der Waals surface area contributed by atoms with Gasteiger partial charge in [-0.25, -0.2) is 9.97 Å². The van der Waals surface area contributed by atoms with Gasteiger partial charge in [0.25, 0.3) is 5.91 Å². The Morgan fingerprint density at radius 2 is 1.83 bits per heavy atom. The molecule has 2 N–H and O–H groups in total. The normalized spacial score (nSPS) is 15.0. The van der Waals surface area contributed by atoms with Crippen LogP contribution in [0.15, 0.2) is 60.9 Å². The highest BCUT2D eigenvalue weighted by Gasteiger charge is 2.31. The fraction of sp³-hybridized carbons (Fsp3) is 0.182. The summed E-state index contributed by atoms with van der Waals surface area (Å²) >= 11 is 0. The average Bonchev–Trinajstić information content (AvgIpc) is 3.03. The summed E-state index contributed by atoms with van der Waals surface area (Å²) in [6, 6.07) is 16.9. The van der Waals surface area contributed by atoms with Crippen molar-refractivity contribution in [3.8, 4) is 0 Å². The second kappa shape index (κ2) is 7.71. The zero-order chi connectivity index (χ0) is 20.4. The third kappa shape index (κ3) is 3.94. The van der Waals surface area contributed by atoms with Crippen molar-refractivity contribution in [2.45, 2.75) is 26.3 Å². The molecule has 1 atom stereocenters. The summed E-state index contributed by atoms with van der Waals surface area (Å²) in [4.78, 5) is 34.6. The first kappa shape index (κ1) is 18.6. The van der Waals surface area contributed by atoms with Gasteiger partial charge in [0, 0.05) is 36.1 Å². The molecule has 2 amide bonds. The number of nitrogens with zero attached hydrogens (tertiary/aromatic N) is 3. The Bertz CT molecular complexity index is 1080. The van der Waals surface area contributed by atoms with Gasteiger partial charge in [-0.3, -0.25) is 9.59 Å². The first-order chi connectivity index (χ1) is 14.0. The number of aromatic nitrogens is 2. The van der Waals surface area contributed by atoms with E-state index >= 15 is 0 Å². The van der Waals surface area contributed by atoms with E-state index < -0.39 is 0 Å². The minimum Gasteiger partial charge on any atom is -0.340 e. The zero-order valence-electron chi connectivity index (χ0n) is 16.2. The van der Waals surface area contributed by atoms with E-state index in [0.717, 1.165) is 23.4 Å². The highest BCUT2D eigenvalue weighted by Crippen LogP contribution is 2.33. The summed E-state index contributed by atoms with van der Waals surface area (Å²) in [6.45, 7) is 3.49. The number of benzene rings is 2. The van der Waals surface area contributed by atoms with Gasteiger partial charge in [-0.1, -0.05) is 24.3 Å². The number of hydrogen-bond donors (Lipinski definition) is 2. The van der Waals surface area contributed by atoms with Crippen LogP contribution in [0, 0.1) is 0 Å². The lowest BCUT2D eigenvalue weighted by Crippen LogP contribution is -2.36. The van der Waals surface area contributed by atoms with Crippen molar-refractivity contribution in [3.63, 3.8) is 0 Å². The van der Waals surface area contributed by atoms with Gasteiger partial charge in [0.05, 0.1) is 0 Å². The molecule has 4 rings (SSSR count). The smallest absolute Gasteiger partial charge is 0.277 e. The molecule has 0 fully saturated rings. The largest absolute Gasteiger partial charge is 0.340 e. The highest BCUT2D eigenvalue weighted by molar-refractivity contribution is 6.06. The molecule has 0 radical (unpaired) electrons. The predicted octanol–water partition coefficient (Wildman–Crippen LogP) is 3.77. The van der Waals surface area contributed by atoms with E-state index in [0.29, 0.717) is 17.2 Å². The Kier molecular flexibility index (Phi) is 4.95. The molecule has 0 saturated heterocycles. The van der Waals surface area contributed by atoms with Crippen molar-refractivity contribution < 1.29 is 9.59 Å². The molecule has 1 aromatic heterocycles. The molecule has 7 heteroatoms. The van der Waals surface area contributed by atoms with Gasteiger partial charge in [0.15, 0.2) is 0 Å². The Balaban J connectivity index is 1.57. The van der Waals surface area contributed by atoms with E-state index in [1.807, 2.05) is 43.3 Å². The molecular weight excluding hydrogens is 366 g/mol. The van der Waals surface area contributed by atoms with Gasteiger partial charge in [0.2, 0.25) is 5.91 Å². The molecule has 146 valence electrons. The van der Waals surface area contributed by atoms with Crippen LogP contribution >= 0.6 is 0 Å². The maximum absolute atomic E-state index is 13.2. The van der Waals surface area contributed by atoms with Gasteiger partial charge in [0.1, 0.15) is 17.8 Å². The average molecular weight is 387 g/mol. The topological polar surface area (TPSA) is 87.2 Å². The van der Waals surface area contributed by atoms with Gasteiger partial charge >= 0.3 is 0 Å². The number of nitrogens with one attached hydrogen (secondary N) is 2. The molecule has 2 heterocycles. The fourth-order valence-corrected chi connectivity index (χ4v) is 3.57. The lowest BCUT2D eigenvalue weighted by molar-refractivity contribution is -0.114. The number of carbonyl (C=O) groups excluding carboxylic acids is 2. The van der Waals surface area contributed by atoms with Crippen molar-refractivity contribution in [3.05, 3.63) is 72.2 Å². The number of carbonyl (C=O) groups is 2. The summed E-state index contributed by atoms with van der Waals surface area (Å²) in [5.41, 5.74) is 3.84. The van der Waals surface area contributed by atoms with Crippen LogP contribution in [-0.2, 0) is 11.2 Å². The third-order valence-electron chi connectivity index (χ3n) is 4.77. The Labute approximate surface area is 168 Å². The van der Waals surface area contributed by atoms with Crippen molar-refractivity contribution in [1.29, 1.82) is 0 Å². The molecule has 1 aliphatic rings. The van der Waals surface area contributed by atoms with Gasteiger partial charge < -0.3 is 15.5 Å². The molecule has 0 bridgehead atoms. The Hall–Kier alpha value is -3.74. The molecule has 29 heavy (non-hydrogen) atoms. The Morgan fingerprint density at radius 1 is 1.03 bits per heavy atom. The number of fused-ring (bicyclic) bond motifs is 1. The van der Waals surface area contributed by atoms with E-state index in [1.54, 1.807) is 23.1 Å². The van der Waals surface area contributed by atoms with Gasteiger partial charge in [-0.05, 0) is 43.2 Å². The number of anilines is 4. The zero-order valence-corrected chi connectivity index (χ0v) is 16.2. The third-order valence-corrected chi connectivity index (χ3v) is 4.77. The Morgan fingerprint density at radius 3 is 2.66 bits per heavy atom. The van der Waals surface area contributed by atoms with Crippen LogP contribution in [0.25, 0.3) is 0 Å². The van der Waals surface area contributed by atoms with Crippen molar-refractivity contribution in [2.24, 2.45) is 0 Å². The van der Waals surface area contributed by atoms with Crippen LogP contribution in [-0.4, -0.2) is 27.8 Å². The summed E-state index contributed by atoms with van der Waals surface area (Å²) in [5, 5.41) is 5.90. The second-order valence-electron chi connectivity index (χ2n) is 7.03. The number of para-hydroxylation sites is 1.